The molecule has 0 radical (unpaired) electrons. The van der Waals surface area contributed by atoms with Crippen LogP contribution in [-0.2, 0) is 17.4 Å². The second-order valence-corrected chi connectivity index (χ2v) is 14.9. The van der Waals surface area contributed by atoms with Gasteiger partial charge >= 0.3 is 0 Å². The maximum Gasteiger partial charge on any atom is 0.273 e. The summed E-state index contributed by atoms with van der Waals surface area (Å²) < 4.78 is 21.6. The number of fused-ring (bicyclic) bond motifs is 1. The third kappa shape index (κ3) is 5.18. The number of nitrogens with one attached hydrogen (secondary N) is 1. The fraction of sp³-hybridized carbons (Fsp3) is 0.500. The van der Waals surface area contributed by atoms with E-state index in [0.717, 1.165) is 48.8 Å². The highest BCUT2D eigenvalue weighted by Crippen LogP contribution is 2.54. The van der Waals surface area contributed by atoms with E-state index in [0.29, 0.717) is 21.1 Å². The van der Waals surface area contributed by atoms with Crippen molar-refractivity contribution in [3.8, 4) is 5.19 Å². The van der Waals surface area contributed by atoms with Gasteiger partial charge in [-0.25, -0.2) is 28.9 Å². The third-order valence-electron chi connectivity index (χ3n) is 6.98. The van der Waals surface area contributed by atoms with Crippen LogP contribution in [0.1, 0.15) is 50.2 Å². The second kappa shape index (κ2) is 10.4. The van der Waals surface area contributed by atoms with Crippen molar-refractivity contribution in [1.29, 1.82) is 0 Å². The molecule has 4 heterocycles. The number of nitrogen functional groups attached to an aromatic ring is 2. The average Bonchev–Trinajstić information content (AvgIpc) is 3.39. The summed E-state index contributed by atoms with van der Waals surface area (Å²) in [5.74, 6) is 1.33. The molecule has 5 rings (SSSR count). The Labute approximate surface area is 237 Å². The maximum atomic E-state index is 13.1. The molecule has 1 fully saturated rings. The van der Waals surface area contributed by atoms with Crippen LogP contribution >= 0.6 is 34.7 Å². The van der Waals surface area contributed by atoms with Crippen LogP contribution in [0.4, 0.5) is 17.5 Å². The Morgan fingerprint density at radius 1 is 1.24 bits per heavy atom. The lowest BCUT2D eigenvalue weighted by Crippen LogP contribution is -2.48. The van der Waals surface area contributed by atoms with E-state index < -0.39 is 11.0 Å². The number of pyridine rings is 1. The molecule has 1 saturated heterocycles. The van der Waals surface area contributed by atoms with Gasteiger partial charge in [0.05, 0.1) is 45.8 Å². The summed E-state index contributed by atoms with van der Waals surface area (Å²) in [5, 5.41) is 1.58. The number of hydrogen-bond acceptors (Lipinski definition) is 11. The third-order valence-corrected chi connectivity index (χ3v) is 11.2. The molecule has 0 unspecified atom stereocenters. The average molecular weight is 595 g/mol. The minimum absolute atomic E-state index is 0.0787. The number of nitrogens with zero attached hydrogens (tertiary/aromatic N) is 5. The Morgan fingerprint density at radius 2 is 1.97 bits per heavy atom. The SMILES string of the molecule is COc1nc2c(s1)CC1(CCN(c3cnc(Sc4ccnc(N)c4Cl)c(N)n3)CC1)[C@@H]2N[S@@](=O)C(C)(C)C. The molecule has 0 aromatic carbocycles. The van der Waals surface area contributed by atoms with Crippen LogP contribution < -0.4 is 25.8 Å². The van der Waals surface area contributed by atoms with Gasteiger partial charge in [-0.15, -0.1) is 0 Å². The molecule has 0 saturated carbocycles. The van der Waals surface area contributed by atoms with E-state index in [1.165, 1.54) is 16.6 Å². The minimum atomic E-state index is -1.23. The summed E-state index contributed by atoms with van der Waals surface area (Å²) in [7, 11) is 0.407. The Kier molecular flexibility index (Phi) is 7.50. The normalized spacial score (nSPS) is 19.5. The maximum absolute atomic E-state index is 13.1. The number of anilines is 3. The molecule has 2 aliphatic rings. The molecule has 3 aromatic heterocycles. The van der Waals surface area contributed by atoms with Crippen LogP contribution in [0.25, 0.3) is 0 Å². The predicted octanol–water partition coefficient (Wildman–Crippen LogP) is 4.24. The van der Waals surface area contributed by atoms with Gasteiger partial charge in [-0.05, 0) is 46.1 Å². The molecule has 0 bridgehead atoms. The van der Waals surface area contributed by atoms with Crippen molar-refractivity contribution in [2.75, 3.05) is 36.6 Å². The summed E-state index contributed by atoms with van der Waals surface area (Å²) >= 11 is 9.17. The molecule has 204 valence electrons. The van der Waals surface area contributed by atoms with E-state index in [4.69, 9.17) is 32.8 Å². The summed E-state index contributed by atoms with van der Waals surface area (Å²) in [5.41, 5.74) is 13.0. The van der Waals surface area contributed by atoms with E-state index in [2.05, 4.69) is 24.6 Å². The highest BCUT2D eigenvalue weighted by Gasteiger charge is 2.51. The van der Waals surface area contributed by atoms with E-state index in [1.807, 2.05) is 20.8 Å². The second-order valence-electron chi connectivity index (χ2n) is 10.5. The number of ether oxygens (including phenoxy) is 1. The molecule has 14 heteroatoms. The standard InChI is InChI=1S/C24H31ClN8O2S3/c1-23(2,3)38(34)32-18-17-14(37-22(31-17)35-4)11-24(18)6-9-33(10-7-24)15-12-29-21(20(27)30-15)36-13-5-8-28-19(26)16(13)25/h5,8,12,18,32H,6-7,9-11H2,1-4H3,(H2,26,28)(H2,27,30)/t18-,38+/m1/s1. The Morgan fingerprint density at radius 3 is 2.63 bits per heavy atom. The topological polar surface area (TPSA) is 145 Å². The molecule has 1 aliphatic carbocycles. The molecule has 10 nitrogen and oxygen atoms in total. The molecule has 0 amide bonds. The monoisotopic (exact) mass is 594 g/mol. The largest absolute Gasteiger partial charge is 0.473 e. The van der Waals surface area contributed by atoms with E-state index in [-0.39, 0.29) is 22.0 Å². The molecule has 1 aliphatic heterocycles. The van der Waals surface area contributed by atoms with E-state index >= 15 is 0 Å². The van der Waals surface area contributed by atoms with Crippen LogP contribution in [0.15, 0.2) is 28.4 Å². The highest BCUT2D eigenvalue weighted by atomic mass is 35.5. The quantitative estimate of drug-likeness (QED) is 0.379. The van der Waals surface area contributed by atoms with Crippen LogP contribution in [0.3, 0.4) is 0 Å². The number of methoxy groups -OCH3 is 1. The number of nitrogens with two attached hydrogens (primary N) is 2. The van der Waals surface area contributed by atoms with Crippen LogP contribution in [-0.4, -0.2) is 49.1 Å². The molecule has 2 atom stereocenters. The number of thiazole rings is 1. The summed E-state index contributed by atoms with van der Waals surface area (Å²) in [6, 6.07) is 1.66. The molecule has 5 N–H and O–H groups in total. The lowest BCUT2D eigenvalue weighted by atomic mass is 9.73. The number of hydrogen-bond donors (Lipinski definition) is 3. The fourth-order valence-corrected chi connectivity index (χ4v) is 7.85. The highest BCUT2D eigenvalue weighted by molar-refractivity contribution is 7.99. The van der Waals surface area contributed by atoms with Crippen LogP contribution in [0.5, 0.6) is 5.19 Å². The van der Waals surface area contributed by atoms with Crippen molar-refractivity contribution in [3.63, 3.8) is 0 Å². The molecular formula is C24H31ClN8O2S3. The van der Waals surface area contributed by atoms with Crippen LogP contribution in [0, 0.1) is 5.41 Å². The number of piperidine rings is 1. The molecule has 3 aromatic rings. The van der Waals surface area contributed by atoms with E-state index in [1.54, 1.807) is 36.9 Å². The van der Waals surface area contributed by atoms with Crippen molar-refractivity contribution in [2.24, 2.45) is 5.41 Å². The lowest BCUT2D eigenvalue weighted by molar-refractivity contribution is 0.175. The summed E-state index contributed by atoms with van der Waals surface area (Å²) in [4.78, 5) is 22.1. The zero-order chi connectivity index (χ0) is 27.2. The predicted molar refractivity (Wildman–Crippen MR) is 154 cm³/mol. The lowest BCUT2D eigenvalue weighted by Gasteiger charge is -2.44. The fourth-order valence-electron chi connectivity index (χ4n) is 4.84. The smallest absolute Gasteiger partial charge is 0.273 e. The minimum Gasteiger partial charge on any atom is -0.473 e. The number of rotatable bonds is 6. The van der Waals surface area contributed by atoms with Gasteiger partial charge in [-0.3, -0.25) is 0 Å². The number of halogens is 1. The Balaban J connectivity index is 1.32. The van der Waals surface area contributed by atoms with Crippen molar-refractivity contribution < 1.29 is 8.95 Å². The van der Waals surface area contributed by atoms with Gasteiger partial charge in [0.25, 0.3) is 5.19 Å². The van der Waals surface area contributed by atoms with Gasteiger partial charge in [0, 0.05) is 34.5 Å². The first-order valence-electron chi connectivity index (χ1n) is 12.2. The van der Waals surface area contributed by atoms with Crippen molar-refractivity contribution in [3.05, 3.63) is 34.1 Å². The van der Waals surface area contributed by atoms with E-state index in [9.17, 15) is 4.21 Å². The van der Waals surface area contributed by atoms with Gasteiger partial charge in [0.15, 0.2) is 5.82 Å². The van der Waals surface area contributed by atoms with Crippen molar-refractivity contribution >= 4 is 63.1 Å². The summed E-state index contributed by atoms with van der Waals surface area (Å²) in [6.45, 7) is 7.49. The van der Waals surface area contributed by atoms with Gasteiger partial charge in [-0.1, -0.05) is 34.7 Å². The first kappa shape index (κ1) is 27.4. The first-order chi connectivity index (χ1) is 18.0. The summed E-state index contributed by atoms with van der Waals surface area (Å²) in [6.07, 6.45) is 6.01. The molecule has 1 spiro atoms. The van der Waals surface area contributed by atoms with Crippen molar-refractivity contribution in [2.45, 2.75) is 60.7 Å². The Hall–Kier alpha value is -2.19. The van der Waals surface area contributed by atoms with Gasteiger partial charge in [-0.2, -0.15) is 0 Å². The van der Waals surface area contributed by atoms with Gasteiger partial charge in [0.1, 0.15) is 16.7 Å². The molecular weight excluding hydrogens is 564 g/mol. The van der Waals surface area contributed by atoms with Gasteiger partial charge < -0.3 is 21.1 Å². The number of aromatic nitrogens is 4. The Bertz CT molecular complexity index is 1370. The first-order valence-corrected chi connectivity index (χ1v) is 15.3. The molecule has 38 heavy (non-hydrogen) atoms. The van der Waals surface area contributed by atoms with Gasteiger partial charge in [0.2, 0.25) is 0 Å². The van der Waals surface area contributed by atoms with Crippen molar-refractivity contribution in [1.82, 2.24) is 24.7 Å². The zero-order valence-corrected chi connectivity index (χ0v) is 24.9. The van der Waals surface area contributed by atoms with Crippen LogP contribution in [0.2, 0.25) is 5.02 Å². The zero-order valence-electron chi connectivity index (χ0n) is 21.7.